The van der Waals surface area contributed by atoms with Crippen LogP contribution < -0.4 is 14.8 Å². The van der Waals surface area contributed by atoms with Crippen molar-refractivity contribution in [3.05, 3.63) is 63.4 Å². The van der Waals surface area contributed by atoms with Gasteiger partial charge in [0.25, 0.3) is 0 Å². The summed E-state index contributed by atoms with van der Waals surface area (Å²) < 4.78 is 12.1. The number of thiophene rings is 1. The van der Waals surface area contributed by atoms with Crippen LogP contribution in [0.25, 0.3) is 28.5 Å². The zero-order valence-electron chi connectivity index (χ0n) is 19.3. The summed E-state index contributed by atoms with van der Waals surface area (Å²) in [6.45, 7) is 8.16. The van der Waals surface area contributed by atoms with Crippen LogP contribution in [-0.4, -0.2) is 22.9 Å². The summed E-state index contributed by atoms with van der Waals surface area (Å²) in [5, 5.41) is 26.3. The summed E-state index contributed by atoms with van der Waals surface area (Å²) in [4.78, 5) is 0.948. The van der Waals surface area contributed by atoms with Gasteiger partial charge in [-0.3, -0.25) is 0 Å². The molecule has 2 aliphatic heterocycles. The van der Waals surface area contributed by atoms with Crippen molar-refractivity contribution >= 4 is 34.4 Å². The van der Waals surface area contributed by atoms with Crippen LogP contribution in [0.3, 0.4) is 0 Å². The highest BCUT2D eigenvalue weighted by atomic mass is 32.1. The predicted octanol–water partition coefficient (Wildman–Crippen LogP) is 6.68. The Morgan fingerprint density at radius 2 is 1.91 bits per heavy atom. The van der Waals surface area contributed by atoms with Crippen LogP contribution in [0.5, 0.6) is 17.2 Å². The number of aliphatic hydroxyl groups excluding tert-OH is 1. The first kappa shape index (κ1) is 21.6. The second kappa shape index (κ2) is 7.68. The van der Waals surface area contributed by atoms with Crippen LogP contribution in [0, 0.1) is 0 Å². The maximum Gasteiger partial charge on any atom is 0.172 e. The van der Waals surface area contributed by atoms with Gasteiger partial charge in [0.1, 0.15) is 11.5 Å². The minimum Gasteiger partial charge on any atom is -0.504 e. The predicted molar refractivity (Wildman–Crippen MR) is 135 cm³/mol. The summed E-state index contributed by atoms with van der Waals surface area (Å²) >= 11 is 1.56. The van der Waals surface area contributed by atoms with Crippen LogP contribution in [0.15, 0.2) is 41.8 Å². The van der Waals surface area contributed by atoms with Crippen molar-refractivity contribution in [3.8, 4) is 28.4 Å². The van der Waals surface area contributed by atoms with Gasteiger partial charge in [-0.1, -0.05) is 12.1 Å². The molecule has 3 heterocycles. The first-order chi connectivity index (χ1) is 15.7. The van der Waals surface area contributed by atoms with Gasteiger partial charge in [0, 0.05) is 27.3 Å². The minimum atomic E-state index is -0.579. The molecule has 0 aliphatic carbocycles. The topological polar surface area (TPSA) is 71.0 Å². The molecule has 1 aromatic heterocycles. The first-order valence-corrected chi connectivity index (χ1v) is 11.8. The lowest BCUT2D eigenvalue weighted by molar-refractivity contribution is 0.199. The van der Waals surface area contributed by atoms with Gasteiger partial charge in [-0.05, 0) is 74.6 Å². The number of benzene rings is 2. The van der Waals surface area contributed by atoms with Crippen molar-refractivity contribution in [1.82, 2.24) is 0 Å². The lowest BCUT2D eigenvalue weighted by atomic mass is 9.83. The summed E-state index contributed by atoms with van der Waals surface area (Å²) in [5.74, 6) is 1.77. The molecule has 33 heavy (non-hydrogen) atoms. The second-order valence-corrected chi connectivity index (χ2v) is 10.1. The number of rotatable bonds is 3. The van der Waals surface area contributed by atoms with Crippen molar-refractivity contribution in [2.75, 3.05) is 12.4 Å². The van der Waals surface area contributed by atoms with Crippen LogP contribution >= 0.6 is 11.3 Å². The molecule has 0 radical (unpaired) electrons. The Bertz CT molecular complexity index is 1330. The number of fused-ring (bicyclic) bond motifs is 5. The van der Waals surface area contributed by atoms with Gasteiger partial charge in [0.15, 0.2) is 11.5 Å². The van der Waals surface area contributed by atoms with Crippen molar-refractivity contribution < 1.29 is 19.7 Å². The summed E-state index contributed by atoms with van der Waals surface area (Å²) in [7, 11) is 1.55. The van der Waals surface area contributed by atoms with E-state index in [0.717, 1.165) is 44.0 Å². The van der Waals surface area contributed by atoms with Crippen molar-refractivity contribution in [2.24, 2.45) is 0 Å². The summed E-state index contributed by atoms with van der Waals surface area (Å²) in [6, 6.07) is 9.42. The molecule has 3 N–H and O–H groups in total. The number of anilines is 1. The fraction of sp³-hybridized carbons (Fsp3) is 0.259. The number of nitrogens with one attached hydrogen (secondary N) is 1. The first-order valence-electron chi connectivity index (χ1n) is 10.9. The molecule has 5 rings (SSSR count). The maximum absolute atomic E-state index is 10.5. The highest BCUT2D eigenvalue weighted by molar-refractivity contribution is 7.11. The molecule has 1 atom stereocenters. The number of aromatic hydroxyl groups is 1. The number of phenols is 1. The average Bonchev–Trinajstić information content (AvgIpc) is 3.21. The summed E-state index contributed by atoms with van der Waals surface area (Å²) in [5.41, 5.74) is 6.51. The monoisotopic (exact) mass is 461 g/mol. The van der Waals surface area contributed by atoms with E-state index in [1.807, 2.05) is 17.5 Å². The number of allylic oxidation sites excluding steroid dienone is 1. The molecular weight excluding hydrogens is 434 g/mol. The van der Waals surface area contributed by atoms with Crippen molar-refractivity contribution in [2.45, 2.75) is 39.3 Å². The lowest BCUT2D eigenvalue weighted by Crippen LogP contribution is -2.32. The zero-order chi connectivity index (χ0) is 23.5. The minimum absolute atomic E-state index is 0.0668. The maximum atomic E-state index is 10.5. The third kappa shape index (κ3) is 3.50. The van der Waals surface area contributed by atoms with E-state index in [-0.39, 0.29) is 11.3 Å². The zero-order valence-corrected chi connectivity index (χ0v) is 20.1. The molecule has 6 heteroatoms. The average molecular weight is 462 g/mol. The second-order valence-electron chi connectivity index (χ2n) is 9.10. The molecule has 2 aromatic carbocycles. The molecule has 0 saturated heterocycles. The number of methoxy groups -OCH3 is 1. The standard InChI is InChI=1S/C27H27NO4S/c1-14-13-27(3,4)28-18-7-6-17-24(23(14)18)21(12-22-16(15(2)29)10-11-33-22)32-20-9-8-19(30)26(31-5)25(17)20/h6-13,15,28-30H,1-5H3/b21-12-. The molecule has 170 valence electrons. The molecule has 0 spiro atoms. The highest BCUT2D eigenvalue weighted by Crippen LogP contribution is 2.54. The third-order valence-electron chi connectivity index (χ3n) is 6.11. The highest BCUT2D eigenvalue weighted by Gasteiger charge is 2.33. The third-order valence-corrected chi connectivity index (χ3v) is 6.99. The largest absolute Gasteiger partial charge is 0.504 e. The van der Waals surface area contributed by atoms with E-state index < -0.39 is 6.10 Å². The number of phenolic OH excluding ortho intramolecular Hbond substituents is 1. The van der Waals surface area contributed by atoms with Crippen molar-refractivity contribution in [3.63, 3.8) is 0 Å². The molecule has 0 bridgehead atoms. The van der Waals surface area contributed by atoms with E-state index in [1.54, 1.807) is 37.5 Å². The number of hydrogen-bond donors (Lipinski definition) is 3. The fourth-order valence-electron chi connectivity index (χ4n) is 4.86. The Kier molecular flexibility index (Phi) is 5.03. The number of hydrogen-bond acceptors (Lipinski definition) is 6. The molecule has 2 aliphatic rings. The summed E-state index contributed by atoms with van der Waals surface area (Å²) in [6.07, 6.45) is 3.64. The Hall–Kier alpha value is -3.22. The number of ether oxygens (including phenoxy) is 2. The van der Waals surface area contributed by atoms with Gasteiger partial charge in [0.05, 0.1) is 24.3 Å². The molecule has 5 nitrogen and oxygen atoms in total. The van der Waals surface area contributed by atoms with Gasteiger partial charge in [0.2, 0.25) is 0 Å². The van der Waals surface area contributed by atoms with E-state index in [9.17, 15) is 10.2 Å². The molecule has 0 amide bonds. The normalized spacial score (nSPS) is 17.8. The van der Waals surface area contributed by atoms with E-state index in [1.165, 1.54) is 0 Å². The van der Waals surface area contributed by atoms with Gasteiger partial charge >= 0.3 is 0 Å². The van der Waals surface area contributed by atoms with E-state index in [4.69, 9.17) is 9.47 Å². The van der Waals surface area contributed by atoms with E-state index in [0.29, 0.717) is 17.3 Å². The molecule has 1 unspecified atom stereocenters. The smallest absolute Gasteiger partial charge is 0.172 e. The molecule has 3 aromatic rings. The SMILES string of the molecule is COc1c(O)ccc2c1-c1ccc3c(c1/C(=C/c1sccc1C(C)O)O2)C(C)=CC(C)(C)N3. The van der Waals surface area contributed by atoms with Crippen LogP contribution in [0.1, 0.15) is 55.4 Å². The van der Waals surface area contributed by atoms with Gasteiger partial charge in [-0.2, -0.15) is 0 Å². The number of aliphatic hydroxyl groups is 1. The van der Waals surface area contributed by atoms with Crippen LogP contribution in [-0.2, 0) is 0 Å². The van der Waals surface area contributed by atoms with Gasteiger partial charge in [-0.25, -0.2) is 0 Å². The lowest BCUT2D eigenvalue weighted by Gasteiger charge is -2.35. The van der Waals surface area contributed by atoms with Gasteiger partial charge < -0.3 is 25.0 Å². The Labute approximate surface area is 197 Å². The van der Waals surface area contributed by atoms with Crippen LogP contribution in [0.4, 0.5) is 5.69 Å². The Morgan fingerprint density at radius 3 is 2.64 bits per heavy atom. The Morgan fingerprint density at radius 1 is 1.12 bits per heavy atom. The molecule has 0 fully saturated rings. The molecule has 0 saturated carbocycles. The van der Waals surface area contributed by atoms with Gasteiger partial charge in [-0.15, -0.1) is 11.3 Å². The van der Waals surface area contributed by atoms with E-state index >= 15 is 0 Å². The van der Waals surface area contributed by atoms with E-state index in [2.05, 4.69) is 44.3 Å². The van der Waals surface area contributed by atoms with Crippen LogP contribution in [0.2, 0.25) is 0 Å². The van der Waals surface area contributed by atoms with Crippen molar-refractivity contribution in [1.29, 1.82) is 0 Å². The quantitative estimate of drug-likeness (QED) is 0.406. The molecular formula is C27H27NO4S. The Balaban J connectivity index is 1.83. The fourth-order valence-corrected chi connectivity index (χ4v) is 5.77.